The van der Waals surface area contributed by atoms with Gasteiger partial charge in [0.15, 0.2) is 0 Å². The van der Waals surface area contributed by atoms with Crippen LogP contribution in [0, 0.1) is 5.82 Å². The van der Waals surface area contributed by atoms with Crippen molar-refractivity contribution in [3.05, 3.63) is 41.4 Å². The fourth-order valence-corrected chi connectivity index (χ4v) is 1.96. The first-order valence-electron chi connectivity index (χ1n) is 6.51. The number of hydrogen-bond acceptors (Lipinski definition) is 3. The summed E-state index contributed by atoms with van der Waals surface area (Å²) < 4.78 is 18.7. The zero-order valence-corrected chi connectivity index (χ0v) is 12.1. The Labute approximate surface area is 122 Å². The third kappa shape index (κ3) is 3.81. The Bertz CT molecular complexity index is 618. The van der Waals surface area contributed by atoms with E-state index in [4.69, 9.17) is 0 Å². The van der Waals surface area contributed by atoms with Crippen LogP contribution in [-0.2, 0) is 14.9 Å². The van der Waals surface area contributed by atoms with Crippen LogP contribution in [0.3, 0.4) is 0 Å². The topological polar surface area (TPSA) is 67.4 Å². The number of esters is 1. The molecule has 0 aromatic heterocycles. The minimum absolute atomic E-state index is 0.0313. The fraction of sp³-hybridized carbons (Fsp3) is 0.333. The van der Waals surface area contributed by atoms with Gasteiger partial charge < -0.3 is 15.4 Å². The molecule has 0 radical (unpaired) electrons. The zero-order valence-electron chi connectivity index (χ0n) is 12.1. The van der Waals surface area contributed by atoms with Crippen LogP contribution in [0.15, 0.2) is 30.0 Å². The van der Waals surface area contributed by atoms with Crippen LogP contribution in [0.5, 0.6) is 0 Å². The monoisotopic (exact) mass is 292 g/mol. The summed E-state index contributed by atoms with van der Waals surface area (Å²) in [7, 11) is 0. The molecular formula is C15H17FN2O3. The van der Waals surface area contributed by atoms with E-state index in [9.17, 15) is 14.0 Å². The molecule has 0 saturated heterocycles. The lowest BCUT2D eigenvalue weighted by Gasteiger charge is -2.20. The van der Waals surface area contributed by atoms with Crippen molar-refractivity contribution in [1.82, 2.24) is 5.32 Å². The number of benzene rings is 1. The van der Waals surface area contributed by atoms with Gasteiger partial charge in [0.25, 0.3) is 0 Å². The molecule has 0 fully saturated rings. The minimum atomic E-state index is -0.553. The van der Waals surface area contributed by atoms with Gasteiger partial charge in [0.1, 0.15) is 12.4 Å². The van der Waals surface area contributed by atoms with Gasteiger partial charge in [0.05, 0.1) is 5.70 Å². The second-order valence-corrected chi connectivity index (χ2v) is 5.80. The van der Waals surface area contributed by atoms with Gasteiger partial charge >= 0.3 is 12.0 Å². The third-order valence-electron chi connectivity index (χ3n) is 2.97. The molecule has 0 unspecified atom stereocenters. The van der Waals surface area contributed by atoms with E-state index in [2.05, 4.69) is 15.4 Å². The number of urea groups is 1. The average molecular weight is 292 g/mol. The van der Waals surface area contributed by atoms with Crippen LogP contribution >= 0.6 is 0 Å². The molecule has 1 aliphatic heterocycles. The van der Waals surface area contributed by atoms with Crippen LogP contribution in [-0.4, -0.2) is 18.6 Å². The summed E-state index contributed by atoms with van der Waals surface area (Å²) in [4.78, 5) is 22.6. The molecule has 1 aromatic carbocycles. The van der Waals surface area contributed by atoms with E-state index < -0.39 is 12.0 Å². The maximum absolute atomic E-state index is 14.0. The second kappa shape index (κ2) is 5.55. The van der Waals surface area contributed by atoms with Crippen LogP contribution in [0.4, 0.5) is 14.9 Å². The number of anilines is 1. The van der Waals surface area contributed by atoms with Crippen LogP contribution in [0.25, 0.3) is 0 Å². The highest BCUT2D eigenvalue weighted by Gasteiger charge is 2.19. The molecule has 5 nitrogen and oxygen atoms in total. The first-order chi connectivity index (χ1) is 9.75. The maximum Gasteiger partial charge on any atom is 0.333 e. The number of carbonyl (C=O) groups is 2. The number of rotatable bonds is 2. The molecule has 2 N–H and O–H groups in total. The largest absolute Gasteiger partial charge is 0.456 e. The Kier molecular flexibility index (Phi) is 3.97. The summed E-state index contributed by atoms with van der Waals surface area (Å²) in [5.41, 5.74) is 0.969. The normalized spacial score (nSPS) is 14.5. The SMILES string of the molecule is CC(C)(C)c1ccc(NC(=O)NC2=CC(=O)OC2)cc1F. The lowest BCUT2D eigenvalue weighted by Crippen LogP contribution is -2.28. The van der Waals surface area contributed by atoms with Gasteiger partial charge in [-0.3, -0.25) is 0 Å². The number of carbonyl (C=O) groups excluding carboxylic acids is 2. The predicted molar refractivity (Wildman–Crippen MR) is 76.3 cm³/mol. The Morgan fingerprint density at radius 3 is 2.52 bits per heavy atom. The van der Waals surface area contributed by atoms with Crippen LogP contribution < -0.4 is 10.6 Å². The van der Waals surface area contributed by atoms with Gasteiger partial charge in [-0.2, -0.15) is 0 Å². The van der Waals surface area contributed by atoms with Crippen molar-refractivity contribution in [3.8, 4) is 0 Å². The Hall–Kier alpha value is -2.37. The summed E-state index contributed by atoms with van der Waals surface area (Å²) in [6.07, 6.45) is 1.20. The van der Waals surface area contributed by atoms with Gasteiger partial charge in [-0.05, 0) is 23.1 Å². The van der Waals surface area contributed by atoms with E-state index in [1.165, 1.54) is 12.1 Å². The Morgan fingerprint density at radius 1 is 1.29 bits per heavy atom. The lowest BCUT2D eigenvalue weighted by molar-refractivity contribution is -0.134. The molecule has 112 valence electrons. The van der Waals surface area contributed by atoms with Gasteiger partial charge in [-0.25, -0.2) is 14.0 Å². The van der Waals surface area contributed by atoms with Gasteiger partial charge in [0.2, 0.25) is 0 Å². The summed E-state index contributed by atoms with van der Waals surface area (Å²) in [6.45, 7) is 5.77. The van der Waals surface area contributed by atoms with Crippen molar-refractivity contribution < 1.29 is 18.7 Å². The number of nitrogens with one attached hydrogen (secondary N) is 2. The molecule has 1 aliphatic rings. The molecule has 21 heavy (non-hydrogen) atoms. The van der Waals surface area contributed by atoms with Crippen molar-refractivity contribution in [3.63, 3.8) is 0 Å². The van der Waals surface area contributed by atoms with Crippen molar-refractivity contribution in [2.45, 2.75) is 26.2 Å². The van der Waals surface area contributed by atoms with E-state index in [0.29, 0.717) is 16.9 Å². The van der Waals surface area contributed by atoms with E-state index in [1.807, 2.05) is 20.8 Å². The van der Waals surface area contributed by atoms with E-state index in [1.54, 1.807) is 12.1 Å². The van der Waals surface area contributed by atoms with Crippen molar-refractivity contribution in [1.29, 1.82) is 0 Å². The summed E-state index contributed by atoms with van der Waals surface area (Å²) >= 11 is 0. The van der Waals surface area contributed by atoms with Crippen LogP contribution in [0.1, 0.15) is 26.3 Å². The highest BCUT2D eigenvalue weighted by Crippen LogP contribution is 2.26. The second-order valence-electron chi connectivity index (χ2n) is 5.80. The Morgan fingerprint density at radius 2 is 2.00 bits per heavy atom. The van der Waals surface area contributed by atoms with Crippen molar-refractivity contribution >= 4 is 17.7 Å². The number of ether oxygens (including phenoxy) is 1. The molecule has 6 heteroatoms. The fourth-order valence-electron chi connectivity index (χ4n) is 1.96. The zero-order chi connectivity index (χ0) is 15.6. The number of hydrogen-bond donors (Lipinski definition) is 2. The minimum Gasteiger partial charge on any atom is -0.456 e. The van der Waals surface area contributed by atoms with Crippen molar-refractivity contribution in [2.24, 2.45) is 0 Å². The molecule has 1 aromatic rings. The third-order valence-corrected chi connectivity index (χ3v) is 2.97. The molecule has 0 atom stereocenters. The van der Waals surface area contributed by atoms with Gasteiger partial charge in [-0.15, -0.1) is 0 Å². The number of cyclic esters (lactones) is 1. The molecular weight excluding hydrogens is 275 g/mol. The molecule has 0 spiro atoms. The van der Waals surface area contributed by atoms with Gasteiger partial charge in [0, 0.05) is 11.8 Å². The van der Waals surface area contributed by atoms with Crippen molar-refractivity contribution in [2.75, 3.05) is 11.9 Å². The molecule has 0 aliphatic carbocycles. The first-order valence-corrected chi connectivity index (χ1v) is 6.51. The average Bonchev–Trinajstić information content (AvgIpc) is 2.72. The van der Waals surface area contributed by atoms with Crippen LogP contribution in [0.2, 0.25) is 0 Å². The number of amides is 2. The summed E-state index contributed by atoms with van der Waals surface area (Å²) in [5, 5.41) is 4.97. The predicted octanol–water partition coefficient (Wildman–Crippen LogP) is 2.69. The number of halogens is 1. The van der Waals surface area contributed by atoms with Gasteiger partial charge in [-0.1, -0.05) is 26.8 Å². The maximum atomic E-state index is 14.0. The molecule has 0 saturated carbocycles. The molecule has 1 heterocycles. The van der Waals surface area contributed by atoms with E-state index in [-0.39, 0.29) is 17.8 Å². The Balaban J connectivity index is 2.03. The first kappa shape index (κ1) is 15.0. The molecule has 0 bridgehead atoms. The lowest BCUT2D eigenvalue weighted by atomic mass is 9.86. The summed E-state index contributed by atoms with van der Waals surface area (Å²) in [5.74, 6) is -0.871. The quantitative estimate of drug-likeness (QED) is 0.824. The highest BCUT2D eigenvalue weighted by atomic mass is 19.1. The van der Waals surface area contributed by atoms with E-state index in [0.717, 1.165) is 0 Å². The smallest absolute Gasteiger partial charge is 0.333 e. The highest BCUT2D eigenvalue weighted by molar-refractivity contribution is 5.92. The summed E-state index contributed by atoms with van der Waals surface area (Å²) in [6, 6.07) is 3.99. The molecule has 2 amide bonds. The van der Waals surface area contributed by atoms with E-state index >= 15 is 0 Å². The molecule has 2 rings (SSSR count). The standard InChI is InChI=1S/C15H17FN2O3/c1-15(2,3)11-5-4-9(6-12(11)16)17-14(20)18-10-7-13(19)21-8-10/h4-7H,8H2,1-3H3,(H2,17,18,20).